The number of aryl methyl sites for hydroxylation is 1. The fourth-order valence-corrected chi connectivity index (χ4v) is 2.92. The number of hydrogen-bond acceptors (Lipinski definition) is 4. The Labute approximate surface area is 164 Å². The largest absolute Gasteiger partial charge is 0.497 e. The van der Waals surface area contributed by atoms with Crippen molar-refractivity contribution in [1.29, 1.82) is 0 Å². The second-order valence-corrected chi connectivity index (χ2v) is 6.19. The highest BCUT2D eigenvalue weighted by Crippen LogP contribution is 2.25. The van der Waals surface area contributed by atoms with Crippen molar-refractivity contribution >= 4 is 12.0 Å². The van der Waals surface area contributed by atoms with Crippen molar-refractivity contribution in [3.05, 3.63) is 84.0 Å². The van der Waals surface area contributed by atoms with Crippen molar-refractivity contribution in [2.45, 2.75) is 6.04 Å². The number of rotatable bonds is 7. The average molecular weight is 377 g/mol. The lowest BCUT2D eigenvalue weighted by atomic mass is 10.1. The van der Waals surface area contributed by atoms with Crippen LogP contribution in [-0.2, 0) is 11.8 Å². The molecule has 3 rings (SSSR count). The van der Waals surface area contributed by atoms with Crippen LogP contribution in [0.2, 0.25) is 0 Å². The summed E-state index contributed by atoms with van der Waals surface area (Å²) in [4.78, 5) is 17.1. The van der Waals surface area contributed by atoms with E-state index in [4.69, 9.17) is 9.47 Å². The Bertz CT molecular complexity index is 964. The summed E-state index contributed by atoms with van der Waals surface area (Å²) in [5.74, 6) is 1.87. The molecule has 0 saturated heterocycles. The lowest BCUT2D eigenvalue weighted by Crippen LogP contribution is -2.29. The van der Waals surface area contributed by atoms with Gasteiger partial charge < -0.3 is 19.4 Å². The van der Waals surface area contributed by atoms with Gasteiger partial charge in [0, 0.05) is 31.1 Å². The van der Waals surface area contributed by atoms with E-state index in [1.54, 1.807) is 32.6 Å². The number of amides is 1. The first-order chi connectivity index (χ1) is 13.6. The second kappa shape index (κ2) is 8.90. The number of methoxy groups -OCH3 is 2. The van der Waals surface area contributed by atoms with Gasteiger partial charge in [-0.25, -0.2) is 4.98 Å². The van der Waals surface area contributed by atoms with Crippen LogP contribution in [0.25, 0.3) is 6.08 Å². The summed E-state index contributed by atoms with van der Waals surface area (Å²) in [7, 11) is 5.09. The molecule has 2 aromatic carbocycles. The number of nitrogens with zero attached hydrogens (tertiary/aromatic N) is 2. The predicted molar refractivity (Wildman–Crippen MR) is 108 cm³/mol. The van der Waals surface area contributed by atoms with Crippen LogP contribution >= 0.6 is 0 Å². The zero-order valence-corrected chi connectivity index (χ0v) is 16.1. The molecule has 0 aliphatic carbocycles. The maximum atomic E-state index is 12.7. The quantitative estimate of drug-likeness (QED) is 0.641. The van der Waals surface area contributed by atoms with E-state index in [-0.39, 0.29) is 11.9 Å². The Hall–Kier alpha value is -3.54. The molecular formula is C22H23N3O3. The molecule has 1 heterocycles. The standard InChI is InChI=1S/C22H23N3O3/c1-25-14-13-23-22(25)21(16-7-5-4-6-8-16)24-20(26)12-9-17-15-18(27-2)10-11-19(17)28-3/h4-15,21H,1-3H3,(H,24,26)/b12-9+. The molecule has 0 saturated carbocycles. The Morgan fingerprint density at radius 3 is 2.57 bits per heavy atom. The molecule has 0 spiro atoms. The number of nitrogens with one attached hydrogen (secondary N) is 1. The third-order valence-electron chi connectivity index (χ3n) is 4.39. The van der Waals surface area contributed by atoms with Gasteiger partial charge in [0.2, 0.25) is 5.91 Å². The van der Waals surface area contributed by atoms with Crippen molar-refractivity contribution in [2.24, 2.45) is 7.05 Å². The van der Waals surface area contributed by atoms with Crippen molar-refractivity contribution in [1.82, 2.24) is 14.9 Å². The molecule has 6 nitrogen and oxygen atoms in total. The predicted octanol–water partition coefficient (Wildman–Crippen LogP) is 3.36. The van der Waals surface area contributed by atoms with Crippen molar-refractivity contribution < 1.29 is 14.3 Å². The number of hydrogen-bond donors (Lipinski definition) is 1. The molecule has 6 heteroatoms. The zero-order valence-electron chi connectivity index (χ0n) is 16.1. The smallest absolute Gasteiger partial charge is 0.244 e. The third-order valence-corrected chi connectivity index (χ3v) is 4.39. The molecule has 1 N–H and O–H groups in total. The molecule has 28 heavy (non-hydrogen) atoms. The van der Waals surface area contributed by atoms with Gasteiger partial charge in [-0.1, -0.05) is 30.3 Å². The lowest BCUT2D eigenvalue weighted by Gasteiger charge is -2.18. The van der Waals surface area contributed by atoms with Gasteiger partial charge in [-0.15, -0.1) is 0 Å². The van der Waals surface area contributed by atoms with Gasteiger partial charge in [0.05, 0.1) is 14.2 Å². The highest BCUT2D eigenvalue weighted by atomic mass is 16.5. The maximum absolute atomic E-state index is 12.7. The first kappa shape index (κ1) is 19.2. The van der Waals surface area contributed by atoms with E-state index in [9.17, 15) is 4.79 Å². The SMILES string of the molecule is COc1ccc(OC)c(/C=C/C(=O)NC(c2ccccc2)c2nccn2C)c1. The fourth-order valence-electron chi connectivity index (χ4n) is 2.92. The van der Waals surface area contributed by atoms with Gasteiger partial charge in [0.25, 0.3) is 0 Å². The van der Waals surface area contributed by atoms with Gasteiger partial charge >= 0.3 is 0 Å². The maximum Gasteiger partial charge on any atom is 0.244 e. The van der Waals surface area contributed by atoms with Crippen LogP contribution < -0.4 is 14.8 Å². The van der Waals surface area contributed by atoms with Gasteiger partial charge in [0.15, 0.2) is 0 Å². The van der Waals surface area contributed by atoms with Crippen LogP contribution in [0.1, 0.15) is 23.0 Å². The summed E-state index contributed by atoms with van der Waals surface area (Å²) in [5.41, 5.74) is 1.71. The van der Waals surface area contributed by atoms with E-state index in [0.29, 0.717) is 11.5 Å². The molecule has 0 bridgehead atoms. The van der Waals surface area contributed by atoms with Crippen LogP contribution in [0.3, 0.4) is 0 Å². The summed E-state index contributed by atoms with van der Waals surface area (Å²) >= 11 is 0. The van der Waals surface area contributed by atoms with Gasteiger partial charge in [-0.05, 0) is 29.8 Å². The average Bonchev–Trinajstić information content (AvgIpc) is 3.16. The minimum Gasteiger partial charge on any atom is -0.497 e. The first-order valence-corrected chi connectivity index (χ1v) is 8.85. The van der Waals surface area contributed by atoms with Crippen molar-refractivity contribution in [3.63, 3.8) is 0 Å². The minimum absolute atomic E-state index is 0.235. The lowest BCUT2D eigenvalue weighted by molar-refractivity contribution is -0.117. The van der Waals surface area contributed by atoms with Crippen molar-refractivity contribution in [3.8, 4) is 11.5 Å². The summed E-state index contributed by atoms with van der Waals surface area (Å²) < 4.78 is 12.5. The number of carbonyl (C=O) groups is 1. The van der Waals surface area contributed by atoms with E-state index in [1.165, 1.54) is 6.08 Å². The molecule has 3 aromatic rings. The molecule has 1 aromatic heterocycles. The van der Waals surface area contributed by atoms with Gasteiger partial charge in [-0.2, -0.15) is 0 Å². The summed E-state index contributed by atoms with van der Waals surface area (Å²) in [5, 5.41) is 3.03. The van der Waals surface area contributed by atoms with E-state index >= 15 is 0 Å². The monoisotopic (exact) mass is 377 g/mol. The third kappa shape index (κ3) is 4.40. The van der Waals surface area contributed by atoms with E-state index in [1.807, 2.05) is 60.3 Å². The number of aromatic nitrogens is 2. The molecule has 1 amide bonds. The molecule has 0 aliphatic heterocycles. The summed E-state index contributed by atoms with van der Waals surface area (Å²) in [6.07, 6.45) is 6.76. The van der Waals surface area contributed by atoms with E-state index in [2.05, 4.69) is 10.3 Å². The van der Waals surface area contributed by atoms with Crippen LogP contribution in [0.15, 0.2) is 67.0 Å². The molecular weight excluding hydrogens is 354 g/mol. The Kier molecular flexibility index (Phi) is 6.11. The fraction of sp³-hybridized carbons (Fsp3) is 0.182. The molecule has 0 radical (unpaired) electrons. The molecule has 1 unspecified atom stereocenters. The normalized spacial score (nSPS) is 12.0. The number of benzene rings is 2. The summed E-state index contributed by atoms with van der Waals surface area (Å²) in [6, 6.07) is 14.8. The van der Waals surface area contributed by atoms with E-state index < -0.39 is 0 Å². The molecule has 0 aliphatic rings. The Morgan fingerprint density at radius 2 is 1.93 bits per heavy atom. The Balaban J connectivity index is 1.83. The first-order valence-electron chi connectivity index (χ1n) is 8.85. The van der Waals surface area contributed by atoms with Crippen molar-refractivity contribution in [2.75, 3.05) is 14.2 Å². The van der Waals surface area contributed by atoms with Gasteiger partial charge in [0.1, 0.15) is 23.4 Å². The van der Waals surface area contributed by atoms with Crippen LogP contribution in [0, 0.1) is 0 Å². The number of carbonyl (C=O) groups excluding carboxylic acids is 1. The second-order valence-electron chi connectivity index (χ2n) is 6.19. The van der Waals surface area contributed by atoms with Gasteiger partial charge in [-0.3, -0.25) is 4.79 Å². The van der Waals surface area contributed by atoms with Crippen LogP contribution in [0.4, 0.5) is 0 Å². The highest BCUT2D eigenvalue weighted by molar-refractivity contribution is 5.92. The van der Waals surface area contributed by atoms with E-state index in [0.717, 1.165) is 17.0 Å². The summed E-state index contributed by atoms with van der Waals surface area (Å²) in [6.45, 7) is 0. The van der Waals surface area contributed by atoms with Crippen LogP contribution in [-0.4, -0.2) is 29.7 Å². The topological polar surface area (TPSA) is 65.4 Å². The zero-order chi connectivity index (χ0) is 19.9. The highest BCUT2D eigenvalue weighted by Gasteiger charge is 2.19. The molecule has 144 valence electrons. The number of imidazole rings is 1. The van der Waals surface area contributed by atoms with Crippen LogP contribution in [0.5, 0.6) is 11.5 Å². The number of ether oxygens (including phenoxy) is 2. The molecule has 1 atom stereocenters. The minimum atomic E-state index is -0.356. The Morgan fingerprint density at radius 1 is 1.14 bits per heavy atom. The molecule has 0 fully saturated rings.